The summed E-state index contributed by atoms with van der Waals surface area (Å²) >= 11 is 7.58. The van der Waals surface area contributed by atoms with Crippen LogP contribution in [0.25, 0.3) is 11.2 Å². The fraction of sp³-hybridized carbons (Fsp3) is 0.667. The Balaban J connectivity index is 0.00000274. The van der Waals surface area contributed by atoms with Crippen molar-refractivity contribution in [3.63, 3.8) is 0 Å². The summed E-state index contributed by atoms with van der Waals surface area (Å²) in [5, 5.41) is 10.9. The minimum atomic E-state index is -2.52. The standard InChI is InChI=1S/C21H30N5O4PS2.H2S/c1-11(2)13-5-6-21(4)15(7-13)30-31(32,33-21)28-8-14-12(3)17(27)20(29-14)26-10-25-16-18(22)23-9-24-19(16)26;/h9-10,12-15,17,20,27H,1,5-8H2,2-4H3,(H2,22,23,24);1H2/t12-,13-,14-,15+,17-,20-,21+,31+;/m1./s1. The molecule has 9 nitrogen and oxygen atoms in total. The zero-order chi connectivity index (χ0) is 23.5. The van der Waals surface area contributed by atoms with Gasteiger partial charge in [-0.05, 0) is 50.8 Å². The molecule has 1 aliphatic carbocycles. The lowest BCUT2D eigenvalue weighted by atomic mass is 9.77. The summed E-state index contributed by atoms with van der Waals surface area (Å²) in [7, 11) is 0. The molecule has 3 N–H and O–H groups in total. The van der Waals surface area contributed by atoms with E-state index in [9.17, 15) is 5.11 Å². The number of fused-ring (bicyclic) bond motifs is 2. The van der Waals surface area contributed by atoms with Gasteiger partial charge in [-0.1, -0.05) is 30.5 Å². The first-order valence-corrected chi connectivity index (χ1v) is 15.2. The SMILES string of the molecule is C=C(C)[C@@H]1CC[C@]2(C)S[P@@](=S)(OC[C@H]3O[C@@H](n4cnc5c(N)ncnc54)[C@H](O)[C@@H]3C)O[C@H]2C1.S. The molecule has 13 heteroatoms. The predicted molar refractivity (Wildman–Crippen MR) is 142 cm³/mol. The van der Waals surface area contributed by atoms with Crippen molar-refractivity contribution < 1.29 is 18.9 Å². The normalized spacial score (nSPS) is 39.6. The number of anilines is 1. The van der Waals surface area contributed by atoms with E-state index in [1.165, 1.54) is 11.9 Å². The van der Waals surface area contributed by atoms with E-state index < -0.39 is 18.0 Å². The lowest BCUT2D eigenvalue weighted by molar-refractivity contribution is -0.0464. The van der Waals surface area contributed by atoms with E-state index in [0.717, 1.165) is 19.3 Å². The fourth-order valence-electron chi connectivity index (χ4n) is 4.95. The van der Waals surface area contributed by atoms with E-state index in [-0.39, 0.29) is 48.8 Å². The van der Waals surface area contributed by atoms with Crippen LogP contribution in [-0.4, -0.2) is 54.3 Å². The summed E-state index contributed by atoms with van der Waals surface area (Å²) < 4.78 is 20.5. The Morgan fingerprint density at radius 2 is 2.24 bits per heavy atom. The molecule has 5 rings (SSSR count). The predicted octanol–water partition coefficient (Wildman–Crippen LogP) is 3.92. The zero-order valence-corrected chi connectivity index (χ0v) is 23.0. The second kappa shape index (κ2) is 9.63. The molecule has 3 aliphatic rings. The van der Waals surface area contributed by atoms with Crippen molar-refractivity contribution in [2.24, 2.45) is 11.8 Å². The lowest BCUT2D eigenvalue weighted by Gasteiger charge is -2.37. The summed E-state index contributed by atoms with van der Waals surface area (Å²) in [5.74, 6) is 0.588. The van der Waals surface area contributed by atoms with E-state index >= 15 is 0 Å². The first kappa shape index (κ1) is 26.3. The summed E-state index contributed by atoms with van der Waals surface area (Å²) in [6, 6.07) is 0. The van der Waals surface area contributed by atoms with Crippen molar-refractivity contribution in [3.8, 4) is 0 Å². The Kier molecular flexibility index (Phi) is 7.46. The monoisotopic (exact) mass is 545 g/mol. The Morgan fingerprint density at radius 1 is 1.47 bits per heavy atom. The Hall–Kier alpha value is -0.720. The summed E-state index contributed by atoms with van der Waals surface area (Å²) in [6.45, 7) is 10.7. The molecular weight excluding hydrogens is 513 g/mol. The van der Waals surface area contributed by atoms with Crippen LogP contribution in [0.1, 0.15) is 46.3 Å². The highest BCUT2D eigenvalue weighted by Crippen LogP contribution is 2.75. The van der Waals surface area contributed by atoms with Crippen LogP contribution >= 0.6 is 30.6 Å². The number of hydrogen-bond acceptors (Lipinski definition) is 10. The van der Waals surface area contributed by atoms with Gasteiger partial charge in [-0.25, -0.2) is 15.0 Å². The van der Waals surface area contributed by atoms with Gasteiger partial charge < -0.3 is 24.6 Å². The van der Waals surface area contributed by atoms with Crippen molar-refractivity contribution in [3.05, 3.63) is 24.8 Å². The molecule has 2 aromatic rings. The summed E-state index contributed by atoms with van der Waals surface area (Å²) in [5.41, 5.74) is 5.59. The quantitative estimate of drug-likeness (QED) is 0.423. The van der Waals surface area contributed by atoms with Gasteiger partial charge in [-0.3, -0.25) is 4.57 Å². The van der Waals surface area contributed by atoms with Crippen molar-refractivity contribution >= 4 is 59.4 Å². The number of nitrogen functional groups attached to an aromatic ring is 1. The molecule has 2 aliphatic heterocycles. The zero-order valence-electron chi connectivity index (χ0n) is 19.5. The van der Waals surface area contributed by atoms with E-state index in [0.29, 0.717) is 17.1 Å². The Morgan fingerprint density at radius 3 is 2.97 bits per heavy atom. The summed E-state index contributed by atoms with van der Waals surface area (Å²) in [6.07, 6.45) is 4.35. The number of nitrogens with zero attached hydrogens (tertiary/aromatic N) is 4. The number of rotatable bonds is 5. The van der Waals surface area contributed by atoms with E-state index in [1.807, 2.05) is 6.92 Å². The Bertz CT molecular complexity index is 1140. The third-order valence-electron chi connectivity index (χ3n) is 7.23. The van der Waals surface area contributed by atoms with Gasteiger partial charge >= 0.3 is 0 Å². The molecule has 34 heavy (non-hydrogen) atoms. The molecule has 2 aromatic heterocycles. The molecule has 1 saturated carbocycles. The van der Waals surface area contributed by atoms with Crippen molar-refractivity contribution in [1.29, 1.82) is 0 Å². The number of nitrogens with two attached hydrogens (primary N) is 1. The molecule has 3 fully saturated rings. The molecule has 0 radical (unpaired) electrons. The highest BCUT2D eigenvalue weighted by molar-refractivity contribution is 8.68. The smallest absolute Gasteiger partial charge is 0.248 e. The molecule has 0 spiro atoms. The second-order valence-corrected chi connectivity index (χ2v) is 16.2. The van der Waals surface area contributed by atoms with E-state index in [4.69, 9.17) is 31.3 Å². The maximum Gasteiger partial charge on any atom is 0.248 e. The van der Waals surface area contributed by atoms with Crippen LogP contribution in [0.15, 0.2) is 24.8 Å². The maximum absolute atomic E-state index is 10.9. The average Bonchev–Trinajstić information content (AvgIpc) is 3.39. The van der Waals surface area contributed by atoms with Crippen molar-refractivity contribution in [2.75, 3.05) is 12.3 Å². The topological polar surface area (TPSA) is 118 Å². The number of aromatic nitrogens is 4. The van der Waals surface area contributed by atoms with Crippen LogP contribution in [0.4, 0.5) is 5.82 Å². The number of imidazole rings is 1. The van der Waals surface area contributed by atoms with Crippen LogP contribution in [0.2, 0.25) is 0 Å². The van der Waals surface area contributed by atoms with Gasteiger partial charge in [-0.15, -0.1) is 0 Å². The number of aliphatic hydroxyl groups excluding tert-OH is 1. The summed E-state index contributed by atoms with van der Waals surface area (Å²) in [4.78, 5) is 12.5. The number of allylic oxidation sites excluding steroid dienone is 1. The van der Waals surface area contributed by atoms with Crippen LogP contribution in [0.5, 0.6) is 0 Å². The molecule has 2 saturated heterocycles. The average molecular weight is 546 g/mol. The van der Waals surface area contributed by atoms with Gasteiger partial charge in [0.15, 0.2) is 17.7 Å². The minimum Gasteiger partial charge on any atom is -0.388 e. The van der Waals surface area contributed by atoms with E-state index in [2.05, 4.69) is 35.4 Å². The third-order valence-corrected chi connectivity index (χ3v) is 13.1. The molecular formula is C21H32N5O4PS3. The second-order valence-electron chi connectivity index (χ2n) is 9.56. The highest BCUT2D eigenvalue weighted by Gasteiger charge is 2.54. The first-order valence-electron chi connectivity index (χ1n) is 11.2. The van der Waals surface area contributed by atoms with Gasteiger partial charge in [0, 0.05) is 10.7 Å². The van der Waals surface area contributed by atoms with Crippen molar-refractivity contribution in [2.45, 2.75) is 69.3 Å². The maximum atomic E-state index is 10.9. The van der Waals surface area contributed by atoms with Crippen LogP contribution in [0.3, 0.4) is 0 Å². The van der Waals surface area contributed by atoms with Gasteiger partial charge in [0.05, 0.1) is 25.1 Å². The largest absolute Gasteiger partial charge is 0.388 e. The third kappa shape index (κ3) is 4.56. The van der Waals surface area contributed by atoms with Crippen LogP contribution in [0, 0.1) is 11.8 Å². The fourth-order valence-corrected chi connectivity index (χ4v) is 12.1. The number of ether oxygens (including phenoxy) is 1. The lowest BCUT2D eigenvalue weighted by Crippen LogP contribution is -2.39. The molecule has 0 aromatic carbocycles. The van der Waals surface area contributed by atoms with Crippen LogP contribution < -0.4 is 5.73 Å². The minimum absolute atomic E-state index is 0. The first-order chi connectivity index (χ1) is 15.6. The van der Waals surface area contributed by atoms with Crippen molar-refractivity contribution in [1.82, 2.24) is 19.5 Å². The molecule has 0 amide bonds. The Labute approximate surface area is 215 Å². The van der Waals surface area contributed by atoms with Gasteiger partial charge in [-0.2, -0.15) is 13.5 Å². The molecule has 8 atom stereocenters. The number of hydrogen-bond donors (Lipinski definition) is 2. The van der Waals surface area contributed by atoms with Gasteiger partial charge in [0.25, 0.3) is 0 Å². The molecule has 4 heterocycles. The molecule has 0 bridgehead atoms. The van der Waals surface area contributed by atoms with E-state index in [1.54, 1.807) is 22.3 Å². The molecule has 0 unspecified atom stereocenters. The number of aliphatic hydroxyl groups is 1. The van der Waals surface area contributed by atoms with Crippen LogP contribution in [-0.2, 0) is 25.6 Å². The molecule has 188 valence electrons. The highest BCUT2D eigenvalue weighted by atomic mass is 32.9. The van der Waals surface area contributed by atoms with Gasteiger partial charge in [0.2, 0.25) is 5.69 Å². The van der Waals surface area contributed by atoms with Gasteiger partial charge in [0.1, 0.15) is 17.9 Å².